The Morgan fingerprint density at radius 1 is 1.35 bits per heavy atom. The van der Waals surface area contributed by atoms with Crippen molar-refractivity contribution >= 4 is 11.6 Å². The fourth-order valence-corrected chi connectivity index (χ4v) is 2.68. The molecule has 0 bridgehead atoms. The van der Waals surface area contributed by atoms with Crippen LogP contribution in [0, 0.1) is 6.92 Å². The zero-order valence-corrected chi connectivity index (χ0v) is 13.6. The summed E-state index contributed by atoms with van der Waals surface area (Å²) in [6, 6.07) is 1.66. The number of fused-ring (bicyclic) bond motifs is 1. The van der Waals surface area contributed by atoms with E-state index < -0.39 is 23.7 Å². The van der Waals surface area contributed by atoms with Crippen molar-refractivity contribution in [3.63, 3.8) is 0 Å². The van der Waals surface area contributed by atoms with Crippen LogP contribution in [0.4, 0.5) is 22.0 Å². The highest BCUT2D eigenvalue weighted by atomic mass is 19.4. The first-order chi connectivity index (χ1) is 12.1. The van der Waals surface area contributed by atoms with Crippen LogP contribution in [0.5, 0.6) is 0 Å². The van der Waals surface area contributed by atoms with Gasteiger partial charge in [-0.2, -0.15) is 27.1 Å². The van der Waals surface area contributed by atoms with E-state index in [1.807, 2.05) is 0 Å². The van der Waals surface area contributed by atoms with Crippen molar-refractivity contribution in [2.75, 3.05) is 13.2 Å². The zero-order chi connectivity index (χ0) is 19.1. The lowest BCUT2D eigenvalue weighted by Gasteiger charge is -2.20. The summed E-state index contributed by atoms with van der Waals surface area (Å²) in [6.07, 6.45) is -4.31. The molecule has 1 N–H and O–H groups in total. The quantitative estimate of drug-likeness (QED) is 0.831. The molecule has 1 aliphatic rings. The van der Waals surface area contributed by atoms with Gasteiger partial charge in [-0.25, -0.2) is 9.50 Å². The summed E-state index contributed by atoms with van der Waals surface area (Å²) in [7, 11) is 0. The minimum absolute atomic E-state index is 0.0531. The summed E-state index contributed by atoms with van der Waals surface area (Å²) in [6.45, 7) is 2.07. The number of hydrogen-bond acceptors (Lipinski definition) is 4. The van der Waals surface area contributed by atoms with Gasteiger partial charge >= 0.3 is 12.1 Å². The molecule has 1 fully saturated rings. The lowest BCUT2D eigenvalue weighted by Crippen LogP contribution is -2.36. The average molecular weight is 378 g/mol. The van der Waals surface area contributed by atoms with Gasteiger partial charge in [0.15, 0.2) is 11.3 Å². The molecule has 0 spiro atoms. The third kappa shape index (κ3) is 3.35. The molecule has 0 radical (unpaired) electrons. The van der Waals surface area contributed by atoms with Crippen molar-refractivity contribution in [3.05, 3.63) is 29.2 Å². The maximum atomic E-state index is 13.8. The van der Waals surface area contributed by atoms with E-state index in [1.54, 1.807) is 0 Å². The van der Waals surface area contributed by atoms with E-state index >= 15 is 0 Å². The fraction of sp³-hybridized carbons (Fsp3) is 0.533. The number of nitrogens with one attached hydrogen (secondary N) is 1. The topological polar surface area (TPSA) is 68.5 Å². The standard InChI is InChI=1S/C15H15F5N4O2/c1-8-5-11(14(16,17)15(18,19)20)24-12(22-8)6-10(23-24)13(25)21-7-9-3-2-4-26-9/h5-6,9H,2-4,7H2,1H3,(H,21,25). The molecule has 1 unspecified atom stereocenters. The fourth-order valence-electron chi connectivity index (χ4n) is 2.68. The largest absolute Gasteiger partial charge is 0.459 e. The van der Waals surface area contributed by atoms with Gasteiger partial charge in [-0.05, 0) is 25.8 Å². The van der Waals surface area contributed by atoms with Gasteiger partial charge in [0, 0.05) is 24.9 Å². The van der Waals surface area contributed by atoms with Gasteiger partial charge in [0.1, 0.15) is 5.69 Å². The van der Waals surface area contributed by atoms with Gasteiger partial charge in [0.05, 0.1) is 6.10 Å². The highest BCUT2D eigenvalue weighted by molar-refractivity contribution is 5.93. The Bertz CT molecular complexity index is 827. The average Bonchev–Trinajstić information content (AvgIpc) is 3.19. The molecule has 142 valence electrons. The van der Waals surface area contributed by atoms with Crippen LogP contribution < -0.4 is 5.32 Å². The van der Waals surface area contributed by atoms with Crippen LogP contribution >= 0.6 is 0 Å². The third-order valence-corrected chi connectivity index (χ3v) is 3.98. The van der Waals surface area contributed by atoms with Crippen molar-refractivity contribution in [1.29, 1.82) is 0 Å². The van der Waals surface area contributed by atoms with E-state index in [2.05, 4.69) is 15.4 Å². The van der Waals surface area contributed by atoms with Crippen molar-refractivity contribution in [2.24, 2.45) is 0 Å². The lowest BCUT2D eigenvalue weighted by molar-refractivity contribution is -0.291. The summed E-state index contributed by atoms with van der Waals surface area (Å²) >= 11 is 0. The summed E-state index contributed by atoms with van der Waals surface area (Å²) in [4.78, 5) is 16.0. The van der Waals surface area contributed by atoms with Gasteiger partial charge in [0.2, 0.25) is 0 Å². The van der Waals surface area contributed by atoms with Crippen LogP contribution in [0.1, 0.15) is 34.7 Å². The molecule has 2 aromatic heterocycles. The zero-order valence-electron chi connectivity index (χ0n) is 13.6. The molecule has 1 atom stereocenters. The van der Waals surface area contributed by atoms with Crippen molar-refractivity contribution in [2.45, 2.75) is 38.0 Å². The summed E-state index contributed by atoms with van der Waals surface area (Å²) in [5, 5.41) is 6.13. The number of aromatic nitrogens is 3. The number of amides is 1. The second-order valence-electron chi connectivity index (χ2n) is 6.00. The molecule has 1 aliphatic heterocycles. The first-order valence-electron chi connectivity index (χ1n) is 7.82. The molecule has 11 heteroatoms. The molecule has 26 heavy (non-hydrogen) atoms. The number of aryl methyl sites for hydroxylation is 1. The van der Waals surface area contributed by atoms with E-state index in [4.69, 9.17) is 4.74 Å². The maximum Gasteiger partial charge on any atom is 0.459 e. The first kappa shape index (κ1) is 18.5. The van der Waals surface area contributed by atoms with Crippen LogP contribution in [-0.2, 0) is 10.7 Å². The number of carbonyl (C=O) groups excluding carboxylic acids is 1. The highest BCUT2D eigenvalue weighted by Gasteiger charge is 2.60. The van der Waals surface area contributed by atoms with Crippen molar-refractivity contribution < 1.29 is 31.5 Å². The predicted octanol–water partition coefficient (Wildman–Crippen LogP) is 2.60. The monoisotopic (exact) mass is 378 g/mol. The minimum atomic E-state index is -5.80. The smallest absolute Gasteiger partial charge is 0.376 e. The molecule has 6 nitrogen and oxygen atoms in total. The van der Waals surface area contributed by atoms with Crippen LogP contribution in [0.25, 0.3) is 5.65 Å². The number of alkyl halides is 5. The Hall–Kier alpha value is -2.30. The molecule has 0 aliphatic carbocycles. The van der Waals surface area contributed by atoms with E-state index in [0.717, 1.165) is 18.9 Å². The Kier molecular flexibility index (Phi) is 4.59. The number of carbonyl (C=O) groups is 1. The molecular weight excluding hydrogens is 363 g/mol. The SMILES string of the molecule is Cc1cc(C(F)(F)C(F)(F)F)n2nc(C(=O)NCC3CCCO3)cc2n1. The van der Waals surface area contributed by atoms with Gasteiger partial charge < -0.3 is 10.1 Å². The van der Waals surface area contributed by atoms with E-state index in [-0.39, 0.29) is 29.7 Å². The number of halogens is 5. The second kappa shape index (κ2) is 6.45. The van der Waals surface area contributed by atoms with Crippen LogP contribution in [-0.4, -0.2) is 45.9 Å². The normalized spacial score (nSPS) is 18.5. The van der Waals surface area contributed by atoms with Gasteiger partial charge in [-0.15, -0.1) is 0 Å². The maximum absolute atomic E-state index is 13.8. The Morgan fingerprint density at radius 2 is 2.08 bits per heavy atom. The number of rotatable bonds is 4. The summed E-state index contributed by atoms with van der Waals surface area (Å²) in [5.74, 6) is -5.85. The molecule has 2 aromatic rings. The molecule has 0 aromatic carbocycles. The van der Waals surface area contributed by atoms with Crippen molar-refractivity contribution in [1.82, 2.24) is 19.9 Å². The van der Waals surface area contributed by atoms with Crippen molar-refractivity contribution in [3.8, 4) is 0 Å². The van der Waals surface area contributed by atoms with Crippen LogP contribution in [0.3, 0.4) is 0 Å². The van der Waals surface area contributed by atoms with Gasteiger partial charge in [-0.1, -0.05) is 0 Å². The molecular formula is C15H15F5N4O2. The van der Waals surface area contributed by atoms with Crippen LogP contribution in [0.2, 0.25) is 0 Å². The predicted molar refractivity (Wildman–Crippen MR) is 79.0 cm³/mol. The molecule has 3 rings (SSSR count). The first-order valence-corrected chi connectivity index (χ1v) is 7.82. The van der Waals surface area contributed by atoms with Gasteiger partial charge in [-0.3, -0.25) is 4.79 Å². The lowest BCUT2D eigenvalue weighted by atomic mass is 10.2. The molecule has 1 amide bonds. The summed E-state index contributed by atoms with van der Waals surface area (Å²) in [5.41, 5.74) is -2.03. The Labute approximate surface area is 144 Å². The minimum Gasteiger partial charge on any atom is -0.376 e. The molecule has 0 saturated carbocycles. The third-order valence-electron chi connectivity index (χ3n) is 3.98. The second-order valence-corrected chi connectivity index (χ2v) is 6.00. The number of hydrogen-bond donors (Lipinski definition) is 1. The summed E-state index contributed by atoms with van der Waals surface area (Å²) < 4.78 is 71.5. The molecule has 3 heterocycles. The Balaban J connectivity index is 1.92. The van der Waals surface area contributed by atoms with E-state index in [1.165, 1.54) is 6.92 Å². The number of ether oxygens (including phenoxy) is 1. The number of nitrogens with zero attached hydrogens (tertiary/aromatic N) is 3. The highest BCUT2D eigenvalue weighted by Crippen LogP contribution is 2.43. The Morgan fingerprint density at radius 3 is 2.69 bits per heavy atom. The molecule has 1 saturated heterocycles. The van der Waals surface area contributed by atoms with Gasteiger partial charge in [0.25, 0.3) is 5.91 Å². The van der Waals surface area contributed by atoms with E-state index in [0.29, 0.717) is 17.2 Å². The van der Waals surface area contributed by atoms with E-state index in [9.17, 15) is 26.7 Å². The van der Waals surface area contributed by atoms with Crippen LogP contribution in [0.15, 0.2) is 12.1 Å².